The first-order valence-electron chi connectivity index (χ1n) is 8.26. The number of fused-ring (bicyclic) bond motifs is 3. The van der Waals surface area contributed by atoms with Crippen LogP contribution in [0.1, 0.15) is 34.1 Å². The van der Waals surface area contributed by atoms with Crippen LogP contribution in [0, 0.1) is 17.6 Å². The number of hydrogen-bond donors (Lipinski definition) is 1. The van der Waals surface area contributed by atoms with Crippen molar-refractivity contribution in [2.75, 3.05) is 5.32 Å². The zero-order valence-electron chi connectivity index (χ0n) is 13.5. The van der Waals surface area contributed by atoms with Crippen molar-refractivity contribution in [2.24, 2.45) is 5.92 Å². The summed E-state index contributed by atoms with van der Waals surface area (Å²) in [6, 6.07) is 4.93. The van der Waals surface area contributed by atoms with E-state index in [0.29, 0.717) is 11.7 Å². The maximum atomic E-state index is 14.3. The third kappa shape index (κ3) is 2.29. The Morgan fingerprint density at radius 2 is 2.15 bits per heavy atom. The third-order valence-electron chi connectivity index (χ3n) is 4.94. The SMILES string of the molecule is O=C(Nc1ccncn1)c1nn(-c2ccc(F)cc2F)c2c1C[C@H]1C[C@@H]21. The van der Waals surface area contributed by atoms with E-state index in [1.807, 2.05) is 0 Å². The second kappa shape index (κ2) is 5.42. The first kappa shape index (κ1) is 15.1. The standard InChI is InChI=1S/C18H13F2N5O/c19-10-1-2-14(13(20)7-10)25-17-11-5-9(11)6-12(17)16(24-25)18(26)23-15-3-4-21-8-22-15/h1-4,7-9,11H,5-6H2,(H,21,22,23,26)/t9-,11-/m1/s1. The van der Waals surface area contributed by atoms with Gasteiger partial charge in [0, 0.05) is 23.7 Å². The fourth-order valence-electron chi connectivity index (χ4n) is 3.68. The summed E-state index contributed by atoms with van der Waals surface area (Å²) in [6.45, 7) is 0. The molecule has 1 aromatic carbocycles. The van der Waals surface area contributed by atoms with Gasteiger partial charge in [0.05, 0.1) is 5.69 Å². The van der Waals surface area contributed by atoms with Crippen molar-refractivity contribution in [1.29, 1.82) is 0 Å². The van der Waals surface area contributed by atoms with Gasteiger partial charge >= 0.3 is 0 Å². The highest BCUT2D eigenvalue weighted by Gasteiger charge is 2.50. The van der Waals surface area contributed by atoms with Crippen molar-refractivity contribution in [3.8, 4) is 5.69 Å². The van der Waals surface area contributed by atoms with E-state index in [2.05, 4.69) is 20.4 Å². The molecule has 0 radical (unpaired) electrons. The fraction of sp³-hybridized carbons (Fsp3) is 0.222. The van der Waals surface area contributed by atoms with Gasteiger partial charge in [-0.3, -0.25) is 4.79 Å². The van der Waals surface area contributed by atoms with Crippen LogP contribution in [0.5, 0.6) is 0 Å². The molecular weight excluding hydrogens is 340 g/mol. The van der Waals surface area contributed by atoms with Crippen LogP contribution in [-0.2, 0) is 6.42 Å². The van der Waals surface area contributed by atoms with Gasteiger partial charge in [-0.25, -0.2) is 23.4 Å². The van der Waals surface area contributed by atoms with Gasteiger partial charge in [0.15, 0.2) is 11.5 Å². The zero-order valence-corrected chi connectivity index (χ0v) is 13.5. The van der Waals surface area contributed by atoms with E-state index in [0.717, 1.165) is 30.2 Å². The number of halogens is 2. The minimum Gasteiger partial charge on any atom is -0.305 e. The number of nitrogens with zero attached hydrogens (tertiary/aromatic N) is 4. The van der Waals surface area contributed by atoms with E-state index >= 15 is 0 Å². The lowest BCUT2D eigenvalue weighted by molar-refractivity contribution is 0.102. The van der Waals surface area contributed by atoms with Crippen LogP contribution in [0.15, 0.2) is 36.8 Å². The van der Waals surface area contributed by atoms with Crippen LogP contribution >= 0.6 is 0 Å². The Morgan fingerprint density at radius 3 is 2.92 bits per heavy atom. The molecule has 8 heteroatoms. The maximum absolute atomic E-state index is 14.3. The number of carbonyl (C=O) groups is 1. The number of nitrogens with one attached hydrogen (secondary N) is 1. The van der Waals surface area contributed by atoms with Crippen LogP contribution in [0.2, 0.25) is 0 Å². The van der Waals surface area contributed by atoms with Crippen LogP contribution in [0.3, 0.4) is 0 Å². The third-order valence-corrected chi connectivity index (χ3v) is 4.94. The summed E-state index contributed by atoms with van der Waals surface area (Å²) < 4.78 is 29.0. The van der Waals surface area contributed by atoms with E-state index in [1.165, 1.54) is 29.3 Å². The lowest BCUT2D eigenvalue weighted by atomic mass is 10.1. The minimum atomic E-state index is -0.706. The summed E-state index contributed by atoms with van der Waals surface area (Å²) in [6.07, 6.45) is 4.61. The second-order valence-electron chi connectivity index (χ2n) is 6.58. The number of aromatic nitrogens is 4. The fourth-order valence-corrected chi connectivity index (χ4v) is 3.68. The number of carbonyl (C=O) groups excluding carboxylic acids is 1. The molecule has 26 heavy (non-hydrogen) atoms. The molecule has 3 aromatic rings. The number of benzene rings is 1. The number of rotatable bonds is 3. The van der Waals surface area contributed by atoms with Gasteiger partial charge in [-0.1, -0.05) is 0 Å². The van der Waals surface area contributed by atoms with Crippen molar-refractivity contribution in [1.82, 2.24) is 19.7 Å². The van der Waals surface area contributed by atoms with Gasteiger partial charge in [0.2, 0.25) is 0 Å². The van der Waals surface area contributed by atoms with Gasteiger partial charge in [-0.2, -0.15) is 5.10 Å². The predicted octanol–water partition coefficient (Wildman–Crippen LogP) is 2.85. The average Bonchev–Trinajstić information content (AvgIpc) is 3.12. The molecule has 1 saturated carbocycles. The molecule has 1 amide bonds. The first-order chi connectivity index (χ1) is 12.6. The van der Waals surface area contributed by atoms with Gasteiger partial charge in [-0.05, 0) is 37.0 Å². The molecule has 2 aliphatic carbocycles. The Morgan fingerprint density at radius 1 is 1.27 bits per heavy atom. The number of hydrogen-bond acceptors (Lipinski definition) is 4. The van der Waals surface area contributed by atoms with Crippen molar-refractivity contribution in [3.63, 3.8) is 0 Å². The zero-order chi connectivity index (χ0) is 17.8. The lowest BCUT2D eigenvalue weighted by Gasteiger charge is -2.07. The Bertz CT molecular complexity index is 1030. The summed E-state index contributed by atoms with van der Waals surface area (Å²) in [7, 11) is 0. The Labute approximate surface area is 146 Å². The van der Waals surface area contributed by atoms with Gasteiger partial charge in [-0.15, -0.1) is 0 Å². The van der Waals surface area contributed by atoms with Gasteiger partial charge in [0.25, 0.3) is 5.91 Å². The number of amides is 1. The van der Waals surface area contributed by atoms with Crippen LogP contribution in [-0.4, -0.2) is 25.7 Å². The largest absolute Gasteiger partial charge is 0.305 e. The molecule has 0 saturated heterocycles. The quantitative estimate of drug-likeness (QED) is 0.786. The molecule has 1 fully saturated rings. The molecule has 2 heterocycles. The second-order valence-corrected chi connectivity index (χ2v) is 6.58. The molecule has 0 aliphatic heterocycles. The predicted molar refractivity (Wildman–Crippen MR) is 88.0 cm³/mol. The highest BCUT2D eigenvalue weighted by Crippen LogP contribution is 2.57. The molecule has 130 valence electrons. The first-order valence-corrected chi connectivity index (χ1v) is 8.26. The van der Waals surface area contributed by atoms with Gasteiger partial charge in [0.1, 0.15) is 23.6 Å². The molecule has 0 unspecified atom stereocenters. The molecule has 6 nitrogen and oxygen atoms in total. The minimum absolute atomic E-state index is 0.149. The molecule has 0 spiro atoms. The van der Waals surface area contributed by atoms with Crippen LogP contribution < -0.4 is 5.32 Å². The molecule has 2 atom stereocenters. The van der Waals surface area contributed by atoms with E-state index in [1.54, 1.807) is 6.07 Å². The Balaban J connectivity index is 1.58. The molecule has 2 aliphatic rings. The van der Waals surface area contributed by atoms with Crippen molar-refractivity contribution in [2.45, 2.75) is 18.8 Å². The molecular formula is C18H13F2N5O. The lowest BCUT2D eigenvalue weighted by Crippen LogP contribution is -2.16. The average molecular weight is 353 g/mol. The van der Waals surface area contributed by atoms with Crippen LogP contribution in [0.4, 0.5) is 14.6 Å². The maximum Gasteiger partial charge on any atom is 0.277 e. The highest BCUT2D eigenvalue weighted by atomic mass is 19.1. The summed E-state index contributed by atoms with van der Waals surface area (Å²) >= 11 is 0. The normalized spacial score (nSPS) is 19.8. The summed E-state index contributed by atoms with van der Waals surface area (Å²) in [5.41, 5.74) is 2.10. The van der Waals surface area contributed by atoms with E-state index < -0.39 is 17.5 Å². The van der Waals surface area contributed by atoms with Crippen molar-refractivity contribution >= 4 is 11.7 Å². The topological polar surface area (TPSA) is 72.7 Å². The van der Waals surface area contributed by atoms with E-state index in [9.17, 15) is 13.6 Å². The number of anilines is 1. The monoisotopic (exact) mass is 353 g/mol. The van der Waals surface area contributed by atoms with Crippen LogP contribution in [0.25, 0.3) is 5.69 Å². The van der Waals surface area contributed by atoms with Crippen molar-refractivity contribution in [3.05, 3.63) is 65.4 Å². The summed E-state index contributed by atoms with van der Waals surface area (Å²) in [4.78, 5) is 20.5. The van der Waals surface area contributed by atoms with E-state index in [4.69, 9.17) is 0 Å². The molecule has 0 bridgehead atoms. The Hall–Kier alpha value is -3.16. The van der Waals surface area contributed by atoms with E-state index in [-0.39, 0.29) is 17.3 Å². The smallest absolute Gasteiger partial charge is 0.277 e. The molecule has 1 N–H and O–H groups in total. The van der Waals surface area contributed by atoms with Gasteiger partial charge < -0.3 is 5.32 Å². The molecule has 2 aromatic heterocycles. The summed E-state index contributed by atoms with van der Waals surface area (Å²) in [5.74, 6) is -0.638. The summed E-state index contributed by atoms with van der Waals surface area (Å²) in [5, 5.41) is 7.05. The highest BCUT2D eigenvalue weighted by molar-refractivity contribution is 6.03. The van der Waals surface area contributed by atoms with Crippen molar-refractivity contribution < 1.29 is 13.6 Å². The Kier molecular flexibility index (Phi) is 3.15. The molecule has 5 rings (SSSR count).